The quantitative estimate of drug-likeness (QED) is 0.0880. The van der Waals surface area contributed by atoms with Crippen molar-refractivity contribution in [3.05, 3.63) is 5.21 Å². The van der Waals surface area contributed by atoms with Crippen LogP contribution >= 0.6 is 0 Å². The summed E-state index contributed by atoms with van der Waals surface area (Å²) in [4.78, 5) is 0. The molecule has 0 aliphatic carbocycles. The zero-order chi connectivity index (χ0) is 21.5. The third-order valence-electron chi connectivity index (χ3n) is 6.30. The Morgan fingerprint density at radius 2 is 0.586 bits per heavy atom. The number of unbranched alkanes of at least 4 members (excludes halogenated alkanes) is 22. The topological polar surface area (TPSA) is 23.1 Å². The highest BCUT2D eigenvalue weighted by Gasteiger charge is 2.00. The summed E-state index contributed by atoms with van der Waals surface area (Å²) in [5.41, 5.74) is 0. The molecule has 2 heteroatoms. The molecule has 0 atom stereocenters. The summed E-state index contributed by atoms with van der Waals surface area (Å²) >= 11 is 0. The lowest BCUT2D eigenvalue weighted by atomic mass is 10.0. The Morgan fingerprint density at radius 1 is 0.379 bits per heavy atom. The second kappa shape index (κ2) is 22.6. The highest BCUT2D eigenvalue weighted by atomic mass is 16.5. The smallest absolute Gasteiger partial charge is 0.0779 e. The maximum Gasteiger partial charge on any atom is 0.0779 e. The fraction of sp³-hybridized carbons (Fsp3) is 1.00. The van der Waals surface area contributed by atoms with Crippen LogP contribution in [0.3, 0.4) is 0 Å². The van der Waals surface area contributed by atoms with E-state index in [0.717, 1.165) is 13.0 Å². The van der Waals surface area contributed by atoms with Gasteiger partial charge in [0, 0.05) is 0 Å². The van der Waals surface area contributed by atoms with Gasteiger partial charge in [0.15, 0.2) is 0 Å². The normalized spacial score (nSPS) is 12.0. The van der Waals surface area contributed by atoms with Gasteiger partial charge in [-0.2, -0.15) is 0 Å². The Morgan fingerprint density at radius 3 is 0.793 bits per heavy atom. The minimum atomic E-state index is -0.126. The van der Waals surface area contributed by atoms with Crippen LogP contribution in [-0.4, -0.2) is 25.3 Å². The van der Waals surface area contributed by atoms with Crippen molar-refractivity contribution in [2.24, 2.45) is 0 Å². The molecule has 0 aromatic heterocycles. The van der Waals surface area contributed by atoms with Crippen LogP contribution in [0.2, 0.25) is 0 Å². The number of rotatable bonds is 24. The van der Waals surface area contributed by atoms with Gasteiger partial charge < -0.3 is 9.85 Å². The maximum absolute atomic E-state index is 11.5. The van der Waals surface area contributed by atoms with Gasteiger partial charge in [0.05, 0.1) is 20.6 Å². The Hall–Kier alpha value is -0.0800. The molecule has 0 heterocycles. The highest BCUT2D eigenvalue weighted by Crippen LogP contribution is 2.15. The van der Waals surface area contributed by atoms with E-state index < -0.39 is 0 Å². The Kier molecular flexibility index (Phi) is 22.5. The van der Waals surface area contributed by atoms with Crippen LogP contribution in [-0.2, 0) is 0 Å². The van der Waals surface area contributed by atoms with E-state index in [2.05, 4.69) is 6.92 Å². The molecule has 0 N–H and O–H groups in total. The first kappa shape index (κ1) is 28.9. The summed E-state index contributed by atoms with van der Waals surface area (Å²) in [6.45, 7) is 3.07. The molecule has 0 aromatic carbocycles. The van der Waals surface area contributed by atoms with Crippen molar-refractivity contribution < 1.29 is 4.65 Å². The molecule has 0 amide bonds. The zero-order valence-electron chi connectivity index (χ0n) is 20.8. The SMILES string of the molecule is CCCCCCCCCCCCCCCCCCCCCCCCC[N+](C)(C)[O-]. The summed E-state index contributed by atoms with van der Waals surface area (Å²) in [5, 5.41) is 11.5. The molecular formula is C27H57NO. The summed E-state index contributed by atoms with van der Waals surface area (Å²) in [6.07, 6.45) is 32.6. The molecule has 0 radical (unpaired) electrons. The first-order valence-corrected chi connectivity index (χ1v) is 13.6. The third kappa shape index (κ3) is 27.9. The maximum atomic E-state index is 11.5. The van der Waals surface area contributed by atoms with Gasteiger partial charge in [-0.1, -0.05) is 142 Å². The van der Waals surface area contributed by atoms with Crippen LogP contribution in [0.5, 0.6) is 0 Å². The fourth-order valence-corrected chi connectivity index (χ4v) is 4.28. The van der Waals surface area contributed by atoms with Crippen molar-refractivity contribution in [1.29, 1.82) is 0 Å². The monoisotopic (exact) mass is 411 g/mol. The summed E-state index contributed by atoms with van der Waals surface area (Å²) in [7, 11) is 3.50. The van der Waals surface area contributed by atoms with Crippen molar-refractivity contribution in [1.82, 2.24) is 0 Å². The molecule has 0 saturated heterocycles. The molecule has 0 aliphatic rings. The number of hydroxylamine groups is 3. The third-order valence-corrected chi connectivity index (χ3v) is 6.30. The molecule has 0 rings (SSSR count). The summed E-state index contributed by atoms with van der Waals surface area (Å²) in [5.74, 6) is 0. The van der Waals surface area contributed by atoms with E-state index >= 15 is 0 Å². The average molecular weight is 412 g/mol. The van der Waals surface area contributed by atoms with Crippen LogP contribution in [0.25, 0.3) is 0 Å². The lowest BCUT2D eigenvalue weighted by molar-refractivity contribution is -0.840. The van der Waals surface area contributed by atoms with Crippen LogP contribution < -0.4 is 0 Å². The van der Waals surface area contributed by atoms with Crippen molar-refractivity contribution in [2.45, 2.75) is 155 Å². The van der Waals surface area contributed by atoms with E-state index in [4.69, 9.17) is 0 Å². The van der Waals surface area contributed by atoms with Crippen LogP contribution in [0.15, 0.2) is 0 Å². The van der Waals surface area contributed by atoms with Gasteiger partial charge in [0.25, 0.3) is 0 Å². The second-order valence-electron chi connectivity index (χ2n) is 10.1. The summed E-state index contributed by atoms with van der Waals surface area (Å²) < 4.78 is -0.126. The number of quaternary nitrogens is 1. The molecule has 0 aliphatic heterocycles. The summed E-state index contributed by atoms with van der Waals surface area (Å²) in [6, 6.07) is 0. The Labute approximate surface area is 185 Å². The molecule has 0 spiro atoms. The van der Waals surface area contributed by atoms with Crippen LogP contribution in [0, 0.1) is 5.21 Å². The Balaban J connectivity index is 3.02. The largest absolute Gasteiger partial charge is 0.633 e. The van der Waals surface area contributed by atoms with Gasteiger partial charge in [-0.15, -0.1) is 0 Å². The predicted octanol–water partition coefficient (Wildman–Crippen LogP) is 9.55. The van der Waals surface area contributed by atoms with Crippen LogP contribution in [0.4, 0.5) is 0 Å². The van der Waals surface area contributed by atoms with Crippen molar-refractivity contribution in [3.63, 3.8) is 0 Å². The van der Waals surface area contributed by atoms with E-state index in [-0.39, 0.29) is 4.65 Å². The van der Waals surface area contributed by atoms with Crippen molar-refractivity contribution in [3.8, 4) is 0 Å². The number of hydrogen-bond donors (Lipinski definition) is 0. The minimum Gasteiger partial charge on any atom is -0.633 e. The van der Waals surface area contributed by atoms with Crippen molar-refractivity contribution >= 4 is 0 Å². The van der Waals surface area contributed by atoms with Gasteiger partial charge in [-0.25, -0.2) is 0 Å². The molecule has 0 fully saturated rings. The molecule has 0 unspecified atom stereocenters. The fourth-order valence-electron chi connectivity index (χ4n) is 4.28. The van der Waals surface area contributed by atoms with Gasteiger partial charge in [0.2, 0.25) is 0 Å². The van der Waals surface area contributed by atoms with Gasteiger partial charge >= 0.3 is 0 Å². The van der Waals surface area contributed by atoms with Gasteiger partial charge in [-0.3, -0.25) is 0 Å². The van der Waals surface area contributed by atoms with Gasteiger partial charge in [-0.05, 0) is 12.8 Å². The lowest BCUT2D eigenvalue weighted by Crippen LogP contribution is -2.32. The van der Waals surface area contributed by atoms with E-state index in [1.165, 1.54) is 141 Å². The molecule has 2 nitrogen and oxygen atoms in total. The zero-order valence-corrected chi connectivity index (χ0v) is 20.8. The molecule has 0 aromatic rings. The van der Waals surface area contributed by atoms with Crippen LogP contribution in [0.1, 0.15) is 155 Å². The van der Waals surface area contributed by atoms with E-state index in [1.54, 1.807) is 14.1 Å². The molecule has 0 saturated carbocycles. The molecule has 176 valence electrons. The average Bonchev–Trinajstić information content (AvgIpc) is 2.67. The number of nitrogens with zero attached hydrogens (tertiary/aromatic N) is 1. The lowest BCUT2D eigenvalue weighted by Gasteiger charge is -2.33. The van der Waals surface area contributed by atoms with E-state index in [0.29, 0.717) is 0 Å². The predicted molar refractivity (Wildman–Crippen MR) is 132 cm³/mol. The van der Waals surface area contributed by atoms with Gasteiger partial charge in [0.1, 0.15) is 0 Å². The highest BCUT2D eigenvalue weighted by molar-refractivity contribution is 4.51. The molecule has 29 heavy (non-hydrogen) atoms. The number of hydrogen-bond acceptors (Lipinski definition) is 1. The molecule has 0 bridgehead atoms. The van der Waals surface area contributed by atoms with E-state index in [9.17, 15) is 5.21 Å². The Bertz CT molecular complexity index is 297. The standard InChI is InChI=1S/C27H57NO/c1-4-5-6-7-8-9-10-11-12-13-14-15-16-17-18-19-20-21-22-23-24-25-26-27-28(2,3)29/h4-27H2,1-3H3. The van der Waals surface area contributed by atoms with E-state index in [1.807, 2.05) is 0 Å². The first-order chi connectivity index (χ1) is 14.1. The molecular weight excluding hydrogens is 354 g/mol. The second-order valence-corrected chi connectivity index (χ2v) is 10.1. The first-order valence-electron chi connectivity index (χ1n) is 13.6. The minimum absolute atomic E-state index is 0.126. The van der Waals surface area contributed by atoms with Crippen molar-refractivity contribution in [2.75, 3.05) is 20.6 Å².